The zero-order valence-electron chi connectivity index (χ0n) is 31.6. The van der Waals surface area contributed by atoms with Crippen LogP contribution in [0.3, 0.4) is 0 Å². The van der Waals surface area contributed by atoms with E-state index in [1.165, 1.54) is 32.5 Å². The molecule has 0 saturated carbocycles. The van der Waals surface area contributed by atoms with Gasteiger partial charge in [0.05, 0.1) is 23.8 Å². The lowest BCUT2D eigenvalue weighted by Crippen LogP contribution is -2.61. The first-order chi connectivity index (χ1) is 25.2. The molecule has 4 amide bonds. The second-order valence-corrected chi connectivity index (χ2v) is 15.2. The highest BCUT2D eigenvalue weighted by molar-refractivity contribution is 8.00. The Morgan fingerprint density at radius 3 is 1.75 bits per heavy atom. The maximum absolute atomic E-state index is 14.3. The molecule has 3 rings (SSSR count). The molecule has 5 N–H and O–H groups in total. The number of ketones is 1. The second kappa shape index (κ2) is 20.5. The molecule has 0 bridgehead atoms. The fraction of sp³-hybridized carbons (Fsp3) is 0.405. The predicted octanol–water partition coefficient (Wildman–Crippen LogP) is 5.04. The van der Waals surface area contributed by atoms with E-state index in [-0.39, 0.29) is 30.4 Å². The van der Waals surface area contributed by atoms with Gasteiger partial charge in [-0.2, -0.15) is 0 Å². The number of carbonyl (C=O) groups excluding carboxylic acids is 5. The molecule has 53 heavy (non-hydrogen) atoms. The van der Waals surface area contributed by atoms with Crippen molar-refractivity contribution < 1.29 is 29.1 Å². The van der Waals surface area contributed by atoms with E-state index >= 15 is 0 Å². The van der Waals surface area contributed by atoms with E-state index < -0.39 is 52.1 Å². The number of nitrogens with one attached hydrogen (secondary N) is 4. The van der Waals surface area contributed by atoms with Crippen LogP contribution in [0.25, 0.3) is 0 Å². The van der Waals surface area contributed by atoms with Crippen LogP contribution in [0.4, 0.5) is 0 Å². The number of allylic oxidation sites excluding steroid dienone is 1. The molecule has 0 radical (unpaired) electrons. The van der Waals surface area contributed by atoms with Crippen LogP contribution in [0.2, 0.25) is 0 Å². The third-order valence-corrected chi connectivity index (χ3v) is 10.3. The van der Waals surface area contributed by atoms with Crippen molar-refractivity contribution in [2.45, 2.75) is 89.3 Å². The lowest BCUT2D eigenvalue weighted by Gasteiger charge is -2.37. The molecule has 0 fully saturated rings. The van der Waals surface area contributed by atoms with Crippen LogP contribution in [0.5, 0.6) is 0 Å². The van der Waals surface area contributed by atoms with Gasteiger partial charge < -0.3 is 26.4 Å². The number of Topliss-reactive ketones (excluding diaryl/α,β-unsaturated/α-hetero) is 1. The lowest BCUT2D eigenvalue weighted by atomic mass is 9.84. The van der Waals surface area contributed by atoms with Crippen molar-refractivity contribution in [2.75, 3.05) is 12.3 Å². The van der Waals surface area contributed by atoms with Crippen molar-refractivity contribution in [2.24, 2.45) is 5.92 Å². The molecule has 0 aliphatic rings. The summed E-state index contributed by atoms with van der Waals surface area (Å²) < 4.78 is -0.825. The van der Waals surface area contributed by atoms with Crippen molar-refractivity contribution in [1.29, 1.82) is 0 Å². The minimum absolute atomic E-state index is 0.0566. The van der Waals surface area contributed by atoms with Crippen molar-refractivity contribution in [3.63, 3.8) is 0 Å². The summed E-state index contributed by atoms with van der Waals surface area (Å²) in [6.07, 6.45) is 3.78. The van der Waals surface area contributed by atoms with Gasteiger partial charge in [0.15, 0.2) is 0 Å². The van der Waals surface area contributed by atoms with Crippen molar-refractivity contribution in [3.8, 4) is 0 Å². The third-order valence-electron chi connectivity index (χ3n) is 8.62. The van der Waals surface area contributed by atoms with E-state index in [9.17, 15) is 29.1 Å². The number of amides is 4. The number of hydrogen-bond donors (Lipinski definition) is 5. The molecule has 0 unspecified atom stereocenters. The Bertz CT molecular complexity index is 1580. The van der Waals surface area contributed by atoms with E-state index in [0.29, 0.717) is 0 Å². The van der Waals surface area contributed by atoms with Gasteiger partial charge in [-0.3, -0.25) is 24.0 Å². The molecule has 3 atom stereocenters. The third kappa shape index (κ3) is 12.4. The summed E-state index contributed by atoms with van der Waals surface area (Å²) in [5, 5.41) is 21.3. The summed E-state index contributed by atoms with van der Waals surface area (Å²) in [4.78, 5) is 65.9. The number of carbonyl (C=O) groups is 5. The first kappa shape index (κ1) is 42.7. The largest absolute Gasteiger partial charge is 0.389 e. The van der Waals surface area contributed by atoms with Crippen LogP contribution in [0.15, 0.2) is 103 Å². The van der Waals surface area contributed by atoms with Gasteiger partial charge in [0, 0.05) is 5.75 Å². The average Bonchev–Trinajstić information content (AvgIpc) is 3.13. The van der Waals surface area contributed by atoms with Crippen molar-refractivity contribution >= 4 is 41.2 Å². The summed E-state index contributed by atoms with van der Waals surface area (Å²) in [5.41, 5.74) is 1.39. The van der Waals surface area contributed by atoms with Gasteiger partial charge in [-0.05, 0) is 49.8 Å². The minimum Gasteiger partial charge on any atom is -0.389 e. The van der Waals surface area contributed by atoms with Gasteiger partial charge in [0.1, 0.15) is 23.4 Å². The highest BCUT2D eigenvalue weighted by atomic mass is 32.2. The Kier molecular flexibility index (Phi) is 16.5. The number of benzene rings is 3. The van der Waals surface area contributed by atoms with Gasteiger partial charge in [-0.1, -0.05) is 130 Å². The van der Waals surface area contributed by atoms with E-state index in [1.807, 2.05) is 104 Å². The van der Waals surface area contributed by atoms with Crippen LogP contribution in [0.1, 0.15) is 77.5 Å². The molecule has 0 saturated heterocycles. The molecule has 0 aliphatic heterocycles. The van der Waals surface area contributed by atoms with Crippen molar-refractivity contribution in [1.82, 2.24) is 21.3 Å². The quantitative estimate of drug-likeness (QED) is 0.0803. The number of rotatable bonds is 20. The van der Waals surface area contributed by atoms with E-state index in [1.54, 1.807) is 19.9 Å². The second-order valence-electron chi connectivity index (χ2n) is 13.9. The summed E-state index contributed by atoms with van der Waals surface area (Å²) in [6, 6.07) is 27.5. The molecule has 0 aromatic heterocycles. The molecule has 3 aromatic carbocycles. The van der Waals surface area contributed by atoms with Gasteiger partial charge in [0.2, 0.25) is 23.6 Å². The monoisotopic (exact) mass is 742 g/mol. The molecule has 3 aromatic rings. The zero-order valence-corrected chi connectivity index (χ0v) is 32.4. The smallest absolute Gasteiger partial charge is 0.245 e. The van der Waals surface area contributed by atoms with Crippen molar-refractivity contribution in [3.05, 3.63) is 120 Å². The summed E-state index contributed by atoms with van der Waals surface area (Å²) >= 11 is 1.46. The summed E-state index contributed by atoms with van der Waals surface area (Å²) in [5.74, 6) is -2.82. The van der Waals surface area contributed by atoms with Gasteiger partial charge in [-0.25, -0.2) is 0 Å². The Morgan fingerprint density at radius 1 is 0.792 bits per heavy atom. The molecule has 0 heterocycles. The number of aliphatic hydroxyl groups is 1. The number of hydrogen-bond acceptors (Lipinski definition) is 7. The molecule has 0 aliphatic carbocycles. The average molecular weight is 743 g/mol. The number of thioether (sulfide) groups is 1. The standard InChI is InChI=1S/C42H54N4O6S/c1-7-8-12-25-34(48)26-36(49)46-41(5,6)40(52)44-35(38(50)45-37(29(2)3)39(51)43-27-30(4)47)28-53-42(31-19-13-9-14-20-31,32-21-15-10-16-22-32)33-23-17-11-18-24-33/h9-25,29,34-35,37,48H,7-8,26-28H2,1-6H3,(H,43,51)(H,44,52)(H,45,50)(H,46,49)/b25-12+/t34-,35-,37-/m1/s1. The predicted molar refractivity (Wildman–Crippen MR) is 211 cm³/mol. The minimum atomic E-state index is -1.47. The summed E-state index contributed by atoms with van der Waals surface area (Å²) in [6.45, 7) is 9.78. The fourth-order valence-electron chi connectivity index (χ4n) is 5.74. The topological polar surface area (TPSA) is 154 Å². The summed E-state index contributed by atoms with van der Waals surface area (Å²) in [7, 11) is 0. The van der Waals surface area contributed by atoms with Gasteiger partial charge in [0.25, 0.3) is 0 Å². The van der Waals surface area contributed by atoms with E-state index in [0.717, 1.165) is 29.5 Å². The first-order valence-corrected chi connectivity index (χ1v) is 19.0. The SMILES string of the molecule is CCC/C=C/[C@@H](O)CC(=O)NC(C)(C)C(=O)N[C@H](CSC(c1ccccc1)(c1ccccc1)c1ccccc1)C(=O)N[C@@H](C(=O)NCC(C)=O)C(C)C. The van der Waals surface area contributed by atoms with Gasteiger partial charge >= 0.3 is 0 Å². The van der Waals surface area contributed by atoms with E-state index in [4.69, 9.17) is 0 Å². The van der Waals surface area contributed by atoms with Crippen LogP contribution in [-0.2, 0) is 28.7 Å². The Labute approximate surface area is 318 Å². The molecule has 10 nitrogen and oxygen atoms in total. The van der Waals surface area contributed by atoms with E-state index in [2.05, 4.69) is 21.3 Å². The number of unbranched alkanes of at least 4 members (excludes halogenated alkanes) is 1. The normalized spacial score (nSPS) is 13.5. The molecular formula is C42H54N4O6S. The van der Waals surface area contributed by atoms with Crippen LogP contribution in [0, 0.1) is 5.92 Å². The Hall–Kier alpha value is -4.74. The lowest BCUT2D eigenvalue weighted by molar-refractivity contribution is -0.136. The van der Waals surface area contributed by atoms with Crippen LogP contribution >= 0.6 is 11.8 Å². The zero-order chi connectivity index (χ0) is 39.0. The molecule has 11 heteroatoms. The molecular weight excluding hydrogens is 689 g/mol. The maximum Gasteiger partial charge on any atom is 0.245 e. The van der Waals surface area contributed by atoms with Gasteiger partial charge in [-0.15, -0.1) is 11.8 Å². The van der Waals surface area contributed by atoms with Crippen LogP contribution < -0.4 is 21.3 Å². The molecule has 0 spiro atoms. The highest BCUT2D eigenvalue weighted by Gasteiger charge is 2.40. The maximum atomic E-state index is 14.3. The highest BCUT2D eigenvalue weighted by Crippen LogP contribution is 2.48. The Morgan fingerprint density at radius 2 is 1.30 bits per heavy atom. The number of aliphatic hydroxyl groups excluding tert-OH is 1. The van der Waals surface area contributed by atoms with Crippen LogP contribution in [-0.4, -0.2) is 70.5 Å². The first-order valence-electron chi connectivity index (χ1n) is 18.1. The fourth-order valence-corrected chi connectivity index (χ4v) is 7.30. The Balaban J connectivity index is 2.02. The molecule has 284 valence electrons.